The first kappa shape index (κ1) is 8.54. The maximum atomic E-state index is 9.65. The summed E-state index contributed by atoms with van der Waals surface area (Å²) in [6, 6.07) is 0. The molecule has 0 aromatic rings. The Kier molecular flexibility index (Phi) is 2.19. The van der Waals surface area contributed by atoms with Gasteiger partial charge in [-0.05, 0) is 18.4 Å². The van der Waals surface area contributed by atoms with E-state index in [4.69, 9.17) is 0 Å². The van der Waals surface area contributed by atoms with Crippen LogP contribution in [0.3, 0.4) is 0 Å². The SMILES string of the molecule is C=CC1=CCC[C@H](O)C1(C)C. The van der Waals surface area contributed by atoms with Crippen molar-refractivity contribution in [2.24, 2.45) is 5.41 Å². The molecule has 0 fully saturated rings. The topological polar surface area (TPSA) is 20.2 Å². The molecule has 1 aliphatic carbocycles. The third kappa shape index (κ3) is 1.38. The van der Waals surface area contributed by atoms with Gasteiger partial charge in [0.1, 0.15) is 0 Å². The molecular weight excluding hydrogens is 136 g/mol. The van der Waals surface area contributed by atoms with Crippen LogP contribution >= 0.6 is 0 Å². The van der Waals surface area contributed by atoms with Crippen LogP contribution in [0.5, 0.6) is 0 Å². The van der Waals surface area contributed by atoms with Crippen molar-refractivity contribution in [2.75, 3.05) is 0 Å². The zero-order valence-electron chi connectivity index (χ0n) is 7.30. The lowest BCUT2D eigenvalue weighted by Crippen LogP contribution is -2.33. The minimum absolute atomic E-state index is 0.0972. The molecule has 0 saturated heterocycles. The molecule has 1 nitrogen and oxygen atoms in total. The van der Waals surface area contributed by atoms with Crippen molar-refractivity contribution >= 4 is 0 Å². The standard InChI is InChI=1S/C10H16O/c1-4-8-6-5-7-9(11)10(8,2)3/h4,6,9,11H,1,5,7H2,2-3H3/t9-/m0/s1. The fourth-order valence-corrected chi connectivity index (χ4v) is 1.56. The molecule has 1 atom stereocenters. The first-order valence-corrected chi connectivity index (χ1v) is 4.10. The van der Waals surface area contributed by atoms with Crippen LogP contribution in [0.1, 0.15) is 26.7 Å². The minimum atomic E-state index is -0.208. The monoisotopic (exact) mass is 152 g/mol. The van der Waals surface area contributed by atoms with E-state index in [1.807, 2.05) is 6.08 Å². The molecule has 0 heterocycles. The quantitative estimate of drug-likeness (QED) is 0.611. The van der Waals surface area contributed by atoms with E-state index in [0.717, 1.165) is 12.8 Å². The van der Waals surface area contributed by atoms with Crippen LogP contribution < -0.4 is 0 Å². The Bertz CT molecular complexity index is 189. The third-order valence-electron chi connectivity index (χ3n) is 2.60. The van der Waals surface area contributed by atoms with Gasteiger partial charge in [0.25, 0.3) is 0 Å². The largest absolute Gasteiger partial charge is 0.392 e. The summed E-state index contributed by atoms with van der Waals surface area (Å²) >= 11 is 0. The van der Waals surface area contributed by atoms with E-state index in [2.05, 4.69) is 26.5 Å². The van der Waals surface area contributed by atoms with Gasteiger partial charge in [0.15, 0.2) is 0 Å². The molecule has 1 aliphatic rings. The number of hydrogen-bond acceptors (Lipinski definition) is 1. The van der Waals surface area contributed by atoms with Crippen molar-refractivity contribution < 1.29 is 5.11 Å². The summed E-state index contributed by atoms with van der Waals surface area (Å²) in [5, 5.41) is 9.65. The lowest BCUT2D eigenvalue weighted by atomic mass is 9.73. The molecule has 0 spiro atoms. The maximum absolute atomic E-state index is 9.65. The first-order chi connectivity index (χ1) is 5.09. The van der Waals surface area contributed by atoms with E-state index < -0.39 is 0 Å². The third-order valence-corrected chi connectivity index (χ3v) is 2.60. The van der Waals surface area contributed by atoms with Gasteiger partial charge in [0.2, 0.25) is 0 Å². The normalized spacial score (nSPS) is 29.4. The number of aliphatic hydroxyl groups excluding tert-OH is 1. The van der Waals surface area contributed by atoms with Gasteiger partial charge >= 0.3 is 0 Å². The molecule has 11 heavy (non-hydrogen) atoms. The van der Waals surface area contributed by atoms with Crippen LogP contribution in [0.15, 0.2) is 24.3 Å². The summed E-state index contributed by atoms with van der Waals surface area (Å²) in [5.74, 6) is 0. The predicted octanol–water partition coefficient (Wildman–Crippen LogP) is 2.28. The van der Waals surface area contributed by atoms with Gasteiger partial charge in [-0.25, -0.2) is 0 Å². The van der Waals surface area contributed by atoms with Crippen molar-refractivity contribution in [1.82, 2.24) is 0 Å². The van der Waals surface area contributed by atoms with E-state index in [0.29, 0.717) is 0 Å². The van der Waals surface area contributed by atoms with Crippen molar-refractivity contribution in [2.45, 2.75) is 32.8 Å². The van der Waals surface area contributed by atoms with E-state index in [9.17, 15) is 5.11 Å². The lowest BCUT2D eigenvalue weighted by Gasteiger charge is -2.35. The number of rotatable bonds is 1. The minimum Gasteiger partial charge on any atom is -0.392 e. The molecule has 1 heteroatoms. The van der Waals surface area contributed by atoms with Crippen LogP contribution in [-0.2, 0) is 0 Å². The fraction of sp³-hybridized carbons (Fsp3) is 0.600. The smallest absolute Gasteiger partial charge is 0.0634 e. The molecule has 0 radical (unpaired) electrons. The lowest BCUT2D eigenvalue weighted by molar-refractivity contribution is 0.0630. The molecule has 0 aromatic heterocycles. The van der Waals surface area contributed by atoms with Gasteiger partial charge in [-0.1, -0.05) is 32.6 Å². The van der Waals surface area contributed by atoms with Crippen LogP contribution in [0.2, 0.25) is 0 Å². The second-order valence-corrected chi connectivity index (χ2v) is 3.68. The van der Waals surface area contributed by atoms with Gasteiger partial charge in [-0.2, -0.15) is 0 Å². The Hall–Kier alpha value is -0.560. The number of allylic oxidation sites excluding steroid dienone is 2. The highest BCUT2D eigenvalue weighted by atomic mass is 16.3. The van der Waals surface area contributed by atoms with Crippen molar-refractivity contribution in [3.8, 4) is 0 Å². The second kappa shape index (κ2) is 2.82. The first-order valence-electron chi connectivity index (χ1n) is 4.10. The summed E-state index contributed by atoms with van der Waals surface area (Å²) in [6.45, 7) is 7.85. The molecule has 0 aliphatic heterocycles. The Morgan fingerprint density at radius 3 is 2.82 bits per heavy atom. The van der Waals surface area contributed by atoms with E-state index in [1.54, 1.807) is 0 Å². The predicted molar refractivity (Wildman–Crippen MR) is 47.3 cm³/mol. The summed E-state index contributed by atoms with van der Waals surface area (Å²) < 4.78 is 0. The summed E-state index contributed by atoms with van der Waals surface area (Å²) in [4.78, 5) is 0. The zero-order chi connectivity index (χ0) is 8.48. The molecule has 1 rings (SSSR count). The van der Waals surface area contributed by atoms with Crippen molar-refractivity contribution in [3.05, 3.63) is 24.3 Å². The van der Waals surface area contributed by atoms with Crippen molar-refractivity contribution in [3.63, 3.8) is 0 Å². The van der Waals surface area contributed by atoms with E-state index in [1.165, 1.54) is 5.57 Å². The Labute approximate surface area is 68.4 Å². The van der Waals surface area contributed by atoms with Crippen LogP contribution in [0.4, 0.5) is 0 Å². The maximum Gasteiger partial charge on any atom is 0.0634 e. The van der Waals surface area contributed by atoms with Gasteiger partial charge in [0, 0.05) is 5.41 Å². The van der Waals surface area contributed by atoms with Crippen LogP contribution in [-0.4, -0.2) is 11.2 Å². The Balaban J connectivity index is 2.92. The molecule has 0 amide bonds. The Morgan fingerprint density at radius 1 is 1.73 bits per heavy atom. The highest BCUT2D eigenvalue weighted by molar-refractivity contribution is 5.27. The molecule has 0 aromatic carbocycles. The highest BCUT2D eigenvalue weighted by Crippen LogP contribution is 2.37. The molecular formula is C10H16O. The highest BCUT2D eigenvalue weighted by Gasteiger charge is 2.32. The van der Waals surface area contributed by atoms with Gasteiger partial charge < -0.3 is 5.11 Å². The average Bonchev–Trinajstić information content (AvgIpc) is 1.95. The van der Waals surface area contributed by atoms with Crippen LogP contribution in [0.25, 0.3) is 0 Å². The van der Waals surface area contributed by atoms with Gasteiger partial charge in [-0.15, -0.1) is 0 Å². The van der Waals surface area contributed by atoms with Crippen molar-refractivity contribution in [1.29, 1.82) is 0 Å². The average molecular weight is 152 g/mol. The summed E-state index contributed by atoms with van der Waals surface area (Å²) in [5.41, 5.74) is 1.08. The zero-order valence-corrected chi connectivity index (χ0v) is 7.30. The van der Waals surface area contributed by atoms with Crippen LogP contribution in [0, 0.1) is 5.41 Å². The molecule has 1 N–H and O–H groups in total. The van der Waals surface area contributed by atoms with Gasteiger partial charge in [-0.3, -0.25) is 0 Å². The fourth-order valence-electron chi connectivity index (χ4n) is 1.56. The number of hydrogen-bond donors (Lipinski definition) is 1. The molecule has 62 valence electrons. The van der Waals surface area contributed by atoms with E-state index in [-0.39, 0.29) is 11.5 Å². The van der Waals surface area contributed by atoms with E-state index >= 15 is 0 Å². The molecule has 0 saturated carbocycles. The summed E-state index contributed by atoms with van der Waals surface area (Å²) in [7, 11) is 0. The second-order valence-electron chi connectivity index (χ2n) is 3.68. The number of aliphatic hydroxyl groups is 1. The molecule has 0 bridgehead atoms. The molecule has 0 unspecified atom stereocenters. The Morgan fingerprint density at radius 2 is 2.36 bits per heavy atom. The van der Waals surface area contributed by atoms with Gasteiger partial charge in [0.05, 0.1) is 6.10 Å². The summed E-state index contributed by atoms with van der Waals surface area (Å²) in [6.07, 6.45) is 5.67.